The number of rotatable bonds is 4. The number of oxime groups is 1. The molecule has 0 spiro atoms. The number of nitrogens with zero attached hydrogens (tertiary/aromatic N) is 3. The number of nitrogens with one attached hydrogen (secondary N) is 2. The standard InChI is InChI=1S/C17H13BrFN5O3/c1-9-4-2-3-5-11(9)17(25)21-16-14(23-27-24-16)15(22-26)20-10-6-7-13(19)12(18)8-10/h2-8,26H,1H3,(H,20,22)(H,21,24,25). The maximum absolute atomic E-state index is 13.4. The molecular formula is C17H13BrFN5O3. The minimum absolute atomic E-state index is 0.0279. The lowest BCUT2D eigenvalue weighted by Gasteiger charge is -2.09. The maximum atomic E-state index is 13.4. The highest BCUT2D eigenvalue weighted by Gasteiger charge is 2.21. The van der Waals surface area contributed by atoms with Gasteiger partial charge >= 0.3 is 0 Å². The lowest BCUT2D eigenvalue weighted by Crippen LogP contribution is -2.19. The zero-order valence-electron chi connectivity index (χ0n) is 13.9. The van der Waals surface area contributed by atoms with E-state index in [-0.39, 0.29) is 21.8 Å². The second kappa shape index (κ2) is 7.96. The van der Waals surface area contributed by atoms with E-state index in [1.165, 1.54) is 18.2 Å². The van der Waals surface area contributed by atoms with Gasteiger partial charge < -0.3 is 15.8 Å². The Balaban J connectivity index is 1.83. The normalized spacial score (nSPS) is 11.3. The SMILES string of the molecule is Cc1ccccc1C(=O)Nc1nonc1C(=NO)Nc1ccc(F)c(Br)c1. The van der Waals surface area contributed by atoms with Crippen molar-refractivity contribution in [3.8, 4) is 0 Å². The third kappa shape index (κ3) is 4.11. The summed E-state index contributed by atoms with van der Waals surface area (Å²) in [6.45, 7) is 1.80. The number of amides is 1. The molecular weight excluding hydrogens is 421 g/mol. The van der Waals surface area contributed by atoms with Gasteiger partial charge in [0.25, 0.3) is 5.91 Å². The number of amidine groups is 1. The molecule has 0 aliphatic carbocycles. The summed E-state index contributed by atoms with van der Waals surface area (Å²) >= 11 is 3.07. The molecule has 8 nitrogen and oxygen atoms in total. The summed E-state index contributed by atoms with van der Waals surface area (Å²) < 4.78 is 18.2. The Kier molecular flexibility index (Phi) is 5.46. The van der Waals surface area contributed by atoms with Gasteiger partial charge in [0.15, 0.2) is 5.69 Å². The largest absolute Gasteiger partial charge is 0.409 e. The van der Waals surface area contributed by atoms with Crippen LogP contribution in [0.25, 0.3) is 0 Å². The van der Waals surface area contributed by atoms with Gasteiger partial charge in [-0.05, 0) is 63.0 Å². The number of halogens is 2. The van der Waals surface area contributed by atoms with Crippen LogP contribution in [0.5, 0.6) is 0 Å². The van der Waals surface area contributed by atoms with Crippen molar-refractivity contribution in [2.75, 3.05) is 10.6 Å². The summed E-state index contributed by atoms with van der Waals surface area (Å²) in [4.78, 5) is 12.4. The first-order valence-electron chi connectivity index (χ1n) is 7.63. The first kappa shape index (κ1) is 18.5. The number of benzene rings is 2. The topological polar surface area (TPSA) is 113 Å². The van der Waals surface area contributed by atoms with Crippen molar-refractivity contribution < 1.29 is 19.0 Å². The Labute approximate surface area is 161 Å². The molecule has 0 unspecified atom stereocenters. The molecule has 0 bridgehead atoms. The molecule has 3 rings (SSSR count). The Morgan fingerprint density at radius 1 is 1.22 bits per heavy atom. The Hall–Kier alpha value is -3.27. The molecule has 27 heavy (non-hydrogen) atoms. The molecule has 0 fully saturated rings. The number of carbonyl (C=O) groups excluding carboxylic acids is 1. The fourth-order valence-electron chi connectivity index (χ4n) is 2.27. The minimum Gasteiger partial charge on any atom is -0.409 e. The highest BCUT2D eigenvalue weighted by Crippen LogP contribution is 2.21. The maximum Gasteiger partial charge on any atom is 0.257 e. The molecule has 1 aromatic heterocycles. The molecule has 3 aromatic rings. The van der Waals surface area contributed by atoms with Crippen LogP contribution in [0, 0.1) is 12.7 Å². The van der Waals surface area contributed by atoms with Crippen LogP contribution in [-0.2, 0) is 0 Å². The van der Waals surface area contributed by atoms with Gasteiger partial charge in [0.2, 0.25) is 11.7 Å². The number of aromatic nitrogens is 2. The molecule has 0 saturated heterocycles. The third-order valence-corrected chi connectivity index (χ3v) is 4.22. The van der Waals surface area contributed by atoms with Crippen molar-refractivity contribution in [2.45, 2.75) is 6.92 Å². The zero-order valence-corrected chi connectivity index (χ0v) is 15.5. The number of hydrogen-bond acceptors (Lipinski definition) is 6. The predicted molar refractivity (Wildman–Crippen MR) is 99.5 cm³/mol. The van der Waals surface area contributed by atoms with Gasteiger partial charge in [-0.15, -0.1) is 0 Å². The zero-order chi connectivity index (χ0) is 19.4. The van der Waals surface area contributed by atoms with Crippen LogP contribution < -0.4 is 10.6 Å². The van der Waals surface area contributed by atoms with Gasteiger partial charge in [-0.25, -0.2) is 9.02 Å². The van der Waals surface area contributed by atoms with Gasteiger partial charge in [0.05, 0.1) is 4.47 Å². The summed E-state index contributed by atoms with van der Waals surface area (Å²) in [5.74, 6) is -1.05. The quantitative estimate of drug-likeness (QED) is 0.249. The van der Waals surface area contributed by atoms with E-state index in [1.54, 1.807) is 25.1 Å². The van der Waals surface area contributed by atoms with E-state index in [1.807, 2.05) is 6.07 Å². The first-order valence-corrected chi connectivity index (χ1v) is 8.43. The monoisotopic (exact) mass is 433 g/mol. The molecule has 10 heteroatoms. The van der Waals surface area contributed by atoms with Gasteiger partial charge in [-0.3, -0.25) is 4.79 Å². The summed E-state index contributed by atoms with van der Waals surface area (Å²) in [5.41, 5.74) is 1.61. The average molecular weight is 434 g/mol. The van der Waals surface area contributed by atoms with Gasteiger partial charge in [0.1, 0.15) is 5.82 Å². The number of hydrogen-bond donors (Lipinski definition) is 3. The molecule has 2 aromatic carbocycles. The van der Waals surface area contributed by atoms with Gasteiger partial charge in [0, 0.05) is 11.3 Å². The van der Waals surface area contributed by atoms with Crippen LogP contribution >= 0.6 is 15.9 Å². The van der Waals surface area contributed by atoms with E-state index < -0.39 is 11.7 Å². The van der Waals surface area contributed by atoms with Crippen molar-refractivity contribution in [3.63, 3.8) is 0 Å². The molecule has 0 atom stereocenters. The fraction of sp³-hybridized carbons (Fsp3) is 0.0588. The highest BCUT2D eigenvalue weighted by atomic mass is 79.9. The minimum atomic E-state index is -0.447. The Bertz CT molecular complexity index is 1020. The Morgan fingerprint density at radius 3 is 2.70 bits per heavy atom. The molecule has 138 valence electrons. The van der Waals surface area contributed by atoms with Gasteiger partial charge in [-0.1, -0.05) is 23.4 Å². The summed E-state index contributed by atoms with van der Waals surface area (Å²) in [6, 6.07) is 11.1. The van der Waals surface area contributed by atoms with Crippen molar-refractivity contribution in [1.82, 2.24) is 10.3 Å². The van der Waals surface area contributed by atoms with Gasteiger partial charge in [-0.2, -0.15) is 0 Å². The van der Waals surface area contributed by atoms with Crippen molar-refractivity contribution in [1.29, 1.82) is 0 Å². The smallest absolute Gasteiger partial charge is 0.257 e. The first-order chi connectivity index (χ1) is 13.0. The lowest BCUT2D eigenvalue weighted by atomic mass is 10.1. The van der Waals surface area contributed by atoms with Crippen molar-refractivity contribution in [3.05, 3.63) is 69.6 Å². The number of carbonyl (C=O) groups is 1. The second-order valence-electron chi connectivity index (χ2n) is 5.43. The molecule has 0 radical (unpaired) electrons. The third-order valence-electron chi connectivity index (χ3n) is 3.62. The Morgan fingerprint density at radius 2 is 2.00 bits per heavy atom. The fourth-order valence-corrected chi connectivity index (χ4v) is 2.65. The van der Waals surface area contributed by atoms with Crippen molar-refractivity contribution in [2.24, 2.45) is 5.16 Å². The highest BCUT2D eigenvalue weighted by molar-refractivity contribution is 9.10. The number of anilines is 2. The van der Waals surface area contributed by atoms with Crippen molar-refractivity contribution >= 4 is 39.2 Å². The summed E-state index contributed by atoms with van der Waals surface area (Å²) in [5, 5.41) is 25.0. The second-order valence-corrected chi connectivity index (χ2v) is 6.29. The molecule has 0 saturated carbocycles. The van der Waals surface area contributed by atoms with E-state index in [4.69, 9.17) is 0 Å². The predicted octanol–water partition coefficient (Wildman–Crippen LogP) is 3.78. The van der Waals surface area contributed by atoms with E-state index in [0.717, 1.165) is 5.56 Å². The molecule has 3 N–H and O–H groups in total. The van der Waals surface area contributed by atoms with Crippen LogP contribution in [0.2, 0.25) is 0 Å². The average Bonchev–Trinajstić information content (AvgIpc) is 3.10. The van der Waals surface area contributed by atoms with E-state index in [2.05, 4.69) is 46.7 Å². The summed E-state index contributed by atoms with van der Waals surface area (Å²) in [7, 11) is 0. The lowest BCUT2D eigenvalue weighted by molar-refractivity contribution is 0.102. The van der Waals surface area contributed by atoms with Crippen LogP contribution in [0.3, 0.4) is 0 Å². The van der Waals surface area contributed by atoms with Crippen LogP contribution in [0.1, 0.15) is 21.6 Å². The van der Waals surface area contributed by atoms with E-state index >= 15 is 0 Å². The molecule has 0 aliphatic rings. The van der Waals surface area contributed by atoms with E-state index in [0.29, 0.717) is 11.3 Å². The number of aryl methyl sites for hydroxylation is 1. The molecule has 1 heterocycles. The van der Waals surface area contributed by atoms with Crippen LogP contribution in [0.4, 0.5) is 15.9 Å². The van der Waals surface area contributed by atoms with E-state index in [9.17, 15) is 14.4 Å². The van der Waals surface area contributed by atoms with Crippen LogP contribution in [-0.4, -0.2) is 27.3 Å². The molecule has 0 aliphatic heterocycles. The van der Waals surface area contributed by atoms with Crippen LogP contribution in [0.15, 0.2) is 56.7 Å². The summed E-state index contributed by atoms with van der Waals surface area (Å²) in [6.07, 6.45) is 0. The molecule has 1 amide bonds.